The summed E-state index contributed by atoms with van der Waals surface area (Å²) in [6.07, 6.45) is 8.87. The second-order valence-corrected chi connectivity index (χ2v) is 9.92. The maximum absolute atomic E-state index is 11.7. The first-order chi connectivity index (χ1) is 19.8. The fourth-order valence-electron chi connectivity index (χ4n) is 4.65. The van der Waals surface area contributed by atoms with Crippen LogP contribution in [0.5, 0.6) is 11.5 Å². The number of carboxylic acid groups (broad SMARTS) is 2. The fourth-order valence-corrected chi connectivity index (χ4v) is 4.77. The predicted molar refractivity (Wildman–Crippen MR) is 162 cm³/mol. The molecule has 0 aliphatic rings. The van der Waals surface area contributed by atoms with Gasteiger partial charge in [-0.05, 0) is 85.0 Å². The van der Waals surface area contributed by atoms with Crippen molar-refractivity contribution in [2.24, 2.45) is 0 Å². The zero-order chi connectivity index (χ0) is 29.2. The Morgan fingerprint density at radius 1 is 0.854 bits per heavy atom. The molecule has 0 fully saturated rings. The fraction of sp³-hybridized carbons (Fsp3) is 0.212. The van der Waals surface area contributed by atoms with E-state index in [0.29, 0.717) is 31.1 Å². The van der Waals surface area contributed by atoms with Gasteiger partial charge in [0, 0.05) is 22.5 Å². The molecule has 2 N–H and O–H groups in total. The molecular formula is C33H32ClNO6. The minimum absolute atomic E-state index is 0.0688. The highest BCUT2D eigenvalue weighted by Gasteiger charge is 2.18. The maximum Gasteiger partial charge on any atom is 0.323 e. The van der Waals surface area contributed by atoms with E-state index in [-0.39, 0.29) is 13.0 Å². The summed E-state index contributed by atoms with van der Waals surface area (Å²) in [6, 6.07) is 20.8. The molecule has 0 unspecified atom stereocenters. The molecule has 4 aromatic rings. The number of para-hydroxylation sites is 1. The summed E-state index contributed by atoms with van der Waals surface area (Å²) in [7, 11) is 0. The first-order valence-electron chi connectivity index (χ1n) is 13.3. The summed E-state index contributed by atoms with van der Waals surface area (Å²) in [5.74, 6) is -0.278. The van der Waals surface area contributed by atoms with Crippen molar-refractivity contribution in [3.63, 3.8) is 0 Å². The van der Waals surface area contributed by atoms with Gasteiger partial charge in [0.15, 0.2) is 0 Å². The van der Waals surface area contributed by atoms with E-state index in [9.17, 15) is 14.7 Å². The SMILES string of the molecule is Cc1c(CCCC(=O)O)c2cccc(C=Cc3ccc(OC/C=C/COc4ccc(Cl)cc4)cc3)c2n1CC(=O)O. The zero-order valence-electron chi connectivity index (χ0n) is 22.8. The lowest BCUT2D eigenvalue weighted by atomic mass is 10.0. The van der Waals surface area contributed by atoms with Gasteiger partial charge in [0.25, 0.3) is 0 Å². The Morgan fingerprint density at radius 2 is 1.49 bits per heavy atom. The molecule has 7 nitrogen and oxygen atoms in total. The van der Waals surface area contributed by atoms with E-state index >= 15 is 0 Å². The molecule has 41 heavy (non-hydrogen) atoms. The third kappa shape index (κ3) is 8.25. The smallest absolute Gasteiger partial charge is 0.323 e. The van der Waals surface area contributed by atoms with Crippen molar-refractivity contribution in [1.29, 1.82) is 0 Å². The second kappa shape index (κ2) is 14.2. The lowest BCUT2D eigenvalue weighted by Gasteiger charge is -2.08. The monoisotopic (exact) mass is 573 g/mol. The molecule has 212 valence electrons. The summed E-state index contributed by atoms with van der Waals surface area (Å²) < 4.78 is 13.2. The molecule has 0 atom stereocenters. The Kier molecular flexibility index (Phi) is 10.2. The minimum Gasteiger partial charge on any atom is -0.490 e. The number of ether oxygens (including phenoxy) is 2. The quantitative estimate of drug-likeness (QED) is 0.121. The number of aryl methyl sites for hydroxylation is 1. The number of benzene rings is 3. The Bertz CT molecular complexity index is 1550. The number of carboxylic acids is 2. The number of aliphatic carboxylic acids is 2. The highest BCUT2D eigenvalue weighted by atomic mass is 35.5. The number of aromatic nitrogens is 1. The zero-order valence-corrected chi connectivity index (χ0v) is 23.5. The lowest BCUT2D eigenvalue weighted by Crippen LogP contribution is -2.10. The third-order valence-corrected chi connectivity index (χ3v) is 6.87. The van der Waals surface area contributed by atoms with Crippen LogP contribution in [0.15, 0.2) is 78.9 Å². The molecule has 1 heterocycles. The van der Waals surface area contributed by atoms with Gasteiger partial charge in [-0.3, -0.25) is 9.59 Å². The Hall–Kier alpha value is -4.49. The highest BCUT2D eigenvalue weighted by Crippen LogP contribution is 2.31. The minimum atomic E-state index is -0.930. The van der Waals surface area contributed by atoms with Crippen molar-refractivity contribution >= 4 is 46.6 Å². The van der Waals surface area contributed by atoms with Crippen molar-refractivity contribution in [1.82, 2.24) is 4.57 Å². The lowest BCUT2D eigenvalue weighted by molar-refractivity contribution is -0.138. The van der Waals surface area contributed by atoms with Crippen LogP contribution in [0.2, 0.25) is 5.02 Å². The molecule has 0 bridgehead atoms. The number of nitrogens with zero attached hydrogens (tertiary/aromatic N) is 1. The Labute approximate surface area is 243 Å². The predicted octanol–water partition coefficient (Wildman–Crippen LogP) is 7.28. The number of fused-ring (bicyclic) bond motifs is 1. The van der Waals surface area contributed by atoms with Crippen molar-refractivity contribution in [2.75, 3.05) is 13.2 Å². The van der Waals surface area contributed by atoms with E-state index in [1.54, 1.807) is 16.7 Å². The van der Waals surface area contributed by atoms with Crippen LogP contribution in [0.25, 0.3) is 23.1 Å². The Balaban J connectivity index is 1.41. The Morgan fingerprint density at radius 3 is 2.10 bits per heavy atom. The van der Waals surface area contributed by atoms with Crippen LogP contribution in [0.4, 0.5) is 0 Å². The first kappa shape index (κ1) is 29.5. The van der Waals surface area contributed by atoms with E-state index in [0.717, 1.165) is 44.8 Å². The number of halogens is 1. The number of rotatable bonds is 14. The molecule has 4 rings (SSSR count). The molecule has 0 aliphatic heterocycles. The average molecular weight is 574 g/mol. The van der Waals surface area contributed by atoms with Crippen LogP contribution in [-0.4, -0.2) is 39.9 Å². The van der Waals surface area contributed by atoms with Gasteiger partial charge in [0.2, 0.25) is 0 Å². The van der Waals surface area contributed by atoms with E-state index < -0.39 is 11.9 Å². The number of hydrogen-bond donors (Lipinski definition) is 2. The molecule has 0 aliphatic carbocycles. The van der Waals surface area contributed by atoms with Crippen molar-refractivity contribution in [3.05, 3.63) is 106 Å². The summed E-state index contributed by atoms with van der Waals surface area (Å²) in [5, 5.41) is 20.2. The molecule has 0 saturated heterocycles. The average Bonchev–Trinajstić information content (AvgIpc) is 3.21. The largest absolute Gasteiger partial charge is 0.490 e. The maximum atomic E-state index is 11.7. The second-order valence-electron chi connectivity index (χ2n) is 9.48. The molecule has 0 spiro atoms. The summed E-state index contributed by atoms with van der Waals surface area (Å²) in [5.41, 5.74) is 4.53. The molecule has 0 saturated carbocycles. The standard InChI is InChI=1S/C33H32ClNO6/c1-23-29(7-5-9-31(36)37)30-8-4-6-25(33(30)35(23)22-32(38)39)13-10-24-11-16-27(17-12-24)40-20-2-3-21-41-28-18-14-26(34)15-19-28/h2-4,6,8,10-19H,5,7,9,20-22H2,1H3,(H,36,37)(H,38,39)/b3-2+,13-10?. The van der Waals surface area contributed by atoms with Gasteiger partial charge in [0.1, 0.15) is 31.3 Å². The van der Waals surface area contributed by atoms with Gasteiger partial charge in [-0.15, -0.1) is 0 Å². The topological polar surface area (TPSA) is 98.0 Å². The van der Waals surface area contributed by atoms with Gasteiger partial charge < -0.3 is 24.3 Å². The van der Waals surface area contributed by atoms with E-state index in [1.165, 1.54) is 0 Å². The highest BCUT2D eigenvalue weighted by molar-refractivity contribution is 6.30. The molecule has 8 heteroatoms. The van der Waals surface area contributed by atoms with E-state index in [2.05, 4.69) is 0 Å². The number of carbonyl (C=O) groups is 2. The van der Waals surface area contributed by atoms with E-state index in [4.69, 9.17) is 26.2 Å². The first-order valence-corrected chi connectivity index (χ1v) is 13.7. The van der Waals surface area contributed by atoms with Crippen molar-refractivity contribution in [3.8, 4) is 11.5 Å². The van der Waals surface area contributed by atoms with Crippen LogP contribution in [0, 0.1) is 6.92 Å². The molecule has 0 amide bonds. The van der Waals surface area contributed by atoms with E-state index in [1.807, 2.05) is 85.8 Å². The van der Waals surface area contributed by atoms with Crippen molar-refractivity contribution in [2.45, 2.75) is 32.7 Å². The third-order valence-electron chi connectivity index (χ3n) is 6.62. The van der Waals surface area contributed by atoms with Gasteiger partial charge in [0.05, 0.1) is 5.52 Å². The van der Waals surface area contributed by atoms with Gasteiger partial charge in [-0.1, -0.05) is 54.1 Å². The van der Waals surface area contributed by atoms with Gasteiger partial charge >= 0.3 is 11.9 Å². The number of hydrogen-bond acceptors (Lipinski definition) is 4. The van der Waals surface area contributed by atoms with Gasteiger partial charge in [-0.2, -0.15) is 0 Å². The molecular weight excluding hydrogens is 542 g/mol. The van der Waals surface area contributed by atoms with Crippen LogP contribution in [-0.2, 0) is 22.6 Å². The molecule has 0 radical (unpaired) electrons. The van der Waals surface area contributed by atoms with Gasteiger partial charge in [-0.25, -0.2) is 0 Å². The summed E-state index contributed by atoms with van der Waals surface area (Å²) in [4.78, 5) is 22.7. The van der Waals surface area contributed by atoms with Crippen LogP contribution >= 0.6 is 11.6 Å². The van der Waals surface area contributed by atoms with Crippen molar-refractivity contribution < 1.29 is 29.3 Å². The summed E-state index contributed by atoms with van der Waals surface area (Å²) in [6.45, 7) is 2.57. The normalized spacial score (nSPS) is 11.5. The summed E-state index contributed by atoms with van der Waals surface area (Å²) >= 11 is 5.87. The van der Waals surface area contributed by atoms with Crippen LogP contribution in [0.3, 0.4) is 0 Å². The molecule has 1 aromatic heterocycles. The van der Waals surface area contributed by atoms with Crippen LogP contribution in [0.1, 0.15) is 35.2 Å². The van der Waals surface area contributed by atoms with Crippen LogP contribution < -0.4 is 9.47 Å². The molecule has 3 aromatic carbocycles.